The van der Waals surface area contributed by atoms with E-state index in [2.05, 4.69) is 11.9 Å². The third-order valence-electron chi connectivity index (χ3n) is 3.38. The number of aliphatic carboxylic acids is 1. The molecule has 0 amide bonds. The van der Waals surface area contributed by atoms with Crippen LogP contribution in [0.1, 0.15) is 39.2 Å². The lowest BCUT2D eigenvalue weighted by Gasteiger charge is -2.26. The number of hydrogen-bond donors (Lipinski definition) is 2. The van der Waals surface area contributed by atoms with Gasteiger partial charge in [0.05, 0.1) is 0 Å². The Hall–Kier alpha value is -1.69. The van der Waals surface area contributed by atoms with E-state index in [4.69, 9.17) is 9.84 Å². The van der Waals surface area contributed by atoms with Crippen molar-refractivity contribution in [2.45, 2.75) is 45.3 Å². The minimum atomic E-state index is -0.941. The third-order valence-corrected chi connectivity index (χ3v) is 4.46. The second-order valence-electron chi connectivity index (χ2n) is 5.89. The van der Waals surface area contributed by atoms with Crippen LogP contribution < -0.4 is 4.74 Å². The second-order valence-corrected chi connectivity index (χ2v) is 6.90. The van der Waals surface area contributed by atoms with Crippen LogP contribution in [0.4, 0.5) is 0 Å². The van der Waals surface area contributed by atoms with E-state index in [-0.39, 0.29) is 11.4 Å². The van der Waals surface area contributed by atoms with Crippen molar-refractivity contribution in [1.82, 2.24) is 0 Å². The lowest BCUT2D eigenvalue weighted by molar-refractivity contribution is -0.137. The number of thioether (sulfide) groups is 1. The molecular weight excluding hydrogens is 302 g/mol. The fourth-order valence-electron chi connectivity index (χ4n) is 2.38. The lowest BCUT2D eigenvalue weighted by Crippen LogP contribution is -2.27. The molecule has 0 spiro atoms. The van der Waals surface area contributed by atoms with Crippen molar-refractivity contribution in [2.75, 3.05) is 5.75 Å². The number of aliphatic imine (C=N–C) groups is 1. The summed E-state index contributed by atoms with van der Waals surface area (Å²) in [5.41, 5.74) is 0.255. The number of carboxylic acids is 1. The molecule has 1 aromatic rings. The first-order valence-corrected chi connectivity index (χ1v) is 8.27. The summed E-state index contributed by atoms with van der Waals surface area (Å²) in [7, 11) is 0. The van der Waals surface area contributed by atoms with Crippen LogP contribution in [0.25, 0.3) is 0 Å². The summed E-state index contributed by atoms with van der Waals surface area (Å²) < 4.78 is 5.90. The van der Waals surface area contributed by atoms with Gasteiger partial charge in [0.25, 0.3) is 0 Å². The van der Waals surface area contributed by atoms with Crippen LogP contribution in [0.5, 0.6) is 11.5 Å². The predicted octanol–water partition coefficient (Wildman–Crippen LogP) is 3.30. The Balaban J connectivity index is 2.17. The molecule has 5 nitrogen and oxygen atoms in total. The summed E-state index contributed by atoms with van der Waals surface area (Å²) in [6.45, 7) is 6.12. The highest BCUT2D eigenvalue weighted by atomic mass is 32.2. The SMILES string of the molecule is CCCC(C)(C)Oc1ccc(C2=N[C@@H](C(=O)O)CS2)c(O)c1. The van der Waals surface area contributed by atoms with Crippen molar-refractivity contribution >= 4 is 22.8 Å². The molecule has 0 aromatic heterocycles. The molecule has 6 heteroatoms. The maximum atomic E-state index is 10.9. The molecular formula is C16H21NO4S. The number of ether oxygens (including phenoxy) is 1. The molecule has 120 valence electrons. The van der Waals surface area contributed by atoms with E-state index in [1.807, 2.05) is 13.8 Å². The third kappa shape index (κ3) is 3.94. The molecule has 0 saturated carbocycles. The highest BCUT2D eigenvalue weighted by Gasteiger charge is 2.27. The molecule has 0 fully saturated rings. The number of carbonyl (C=O) groups is 1. The predicted molar refractivity (Wildman–Crippen MR) is 88.1 cm³/mol. The average Bonchev–Trinajstić information content (AvgIpc) is 2.87. The number of aromatic hydroxyl groups is 1. The van der Waals surface area contributed by atoms with Crippen LogP contribution in [-0.4, -0.2) is 38.6 Å². The Morgan fingerprint density at radius 1 is 1.50 bits per heavy atom. The summed E-state index contributed by atoms with van der Waals surface area (Å²) >= 11 is 1.34. The zero-order chi connectivity index (χ0) is 16.3. The van der Waals surface area contributed by atoms with E-state index in [0.717, 1.165) is 12.8 Å². The van der Waals surface area contributed by atoms with Gasteiger partial charge >= 0.3 is 5.97 Å². The van der Waals surface area contributed by atoms with Gasteiger partial charge in [0, 0.05) is 17.4 Å². The highest BCUT2D eigenvalue weighted by molar-refractivity contribution is 8.14. The van der Waals surface area contributed by atoms with E-state index in [0.29, 0.717) is 22.1 Å². The zero-order valence-electron chi connectivity index (χ0n) is 13.0. The van der Waals surface area contributed by atoms with E-state index in [9.17, 15) is 9.90 Å². The van der Waals surface area contributed by atoms with Crippen molar-refractivity contribution in [3.05, 3.63) is 23.8 Å². The average molecular weight is 323 g/mol. The minimum Gasteiger partial charge on any atom is -0.507 e. The molecule has 0 bridgehead atoms. The monoisotopic (exact) mass is 323 g/mol. The maximum Gasteiger partial charge on any atom is 0.329 e. The van der Waals surface area contributed by atoms with E-state index in [1.54, 1.807) is 18.2 Å². The smallest absolute Gasteiger partial charge is 0.329 e. The molecule has 0 unspecified atom stereocenters. The Morgan fingerprint density at radius 2 is 2.23 bits per heavy atom. The summed E-state index contributed by atoms with van der Waals surface area (Å²) in [5.74, 6) is 0.106. The second kappa shape index (κ2) is 6.60. The van der Waals surface area contributed by atoms with Crippen LogP contribution in [0, 0.1) is 0 Å². The molecule has 0 aliphatic carbocycles. The number of rotatable bonds is 6. The molecule has 1 heterocycles. The molecule has 22 heavy (non-hydrogen) atoms. The first kappa shape index (κ1) is 16.7. The normalized spacial score (nSPS) is 18.1. The lowest BCUT2D eigenvalue weighted by atomic mass is 10.0. The van der Waals surface area contributed by atoms with Crippen LogP contribution in [-0.2, 0) is 4.79 Å². The van der Waals surface area contributed by atoms with E-state index < -0.39 is 12.0 Å². The Morgan fingerprint density at radius 3 is 2.77 bits per heavy atom. The van der Waals surface area contributed by atoms with Gasteiger partial charge in [-0.05, 0) is 32.4 Å². The summed E-state index contributed by atoms with van der Waals surface area (Å²) in [5, 5.41) is 19.7. The van der Waals surface area contributed by atoms with Crippen molar-refractivity contribution in [3.63, 3.8) is 0 Å². The number of benzene rings is 1. The summed E-state index contributed by atoms with van der Waals surface area (Å²) in [6, 6.07) is 4.33. The minimum absolute atomic E-state index is 0.0575. The summed E-state index contributed by atoms with van der Waals surface area (Å²) in [4.78, 5) is 15.1. The first-order valence-electron chi connectivity index (χ1n) is 7.28. The number of phenolic OH excluding ortho intramolecular Hbond substituents is 1. The standard InChI is InChI=1S/C16H21NO4S/c1-4-7-16(2,3)21-10-5-6-11(13(18)8-10)14-17-12(9-22-14)15(19)20/h5-6,8,12,18H,4,7,9H2,1-3H3,(H,19,20)/t12-/m1/s1. The van der Waals surface area contributed by atoms with Crippen molar-refractivity contribution in [3.8, 4) is 11.5 Å². The van der Waals surface area contributed by atoms with Gasteiger partial charge in [0.1, 0.15) is 22.1 Å². The van der Waals surface area contributed by atoms with Gasteiger partial charge in [-0.1, -0.05) is 13.3 Å². The van der Waals surface area contributed by atoms with E-state index >= 15 is 0 Å². The van der Waals surface area contributed by atoms with E-state index in [1.165, 1.54) is 11.8 Å². The number of carboxylic acid groups (broad SMARTS) is 1. The molecule has 0 radical (unpaired) electrons. The number of nitrogens with zero attached hydrogens (tertiary/aromatic N) is 1. The fourth-order valence-corrected chi connectivity index (χ4v) is 3.44. The topological polar surface area (TPSA) is 79.1 Å². The van der Waals surface area contributed by atoms with Crippen LogP contribution in [0.15, 0.2) is 23.2 Å². The van der Waals surface area contributed by atoms with Crippen LogP contribution in [0.3, 0.4) is 0 Å². The fraction of sp³-hybridized carbons (Fsp3) is 0.500. The molecule has 0 saturated heterocycles. The molecule has 1 aliphatic rings. The van der Waals surface area contributed by atoms with Gasteiger partial charge in [0.15, 0.2) is 6.04 Å². The maximum absolute atomic E-state index is 10.9. The van der Waals surface area contributed by atoms with Crippen LogP contribution >= 0.6 is 11.8 Å². The quantitative estimate of drug-likeness (QED) is 0.840. The van der Waals surface area contributed by atoms with Gasteiger partial charge in [-0.3, -0.25) is 4.99 Å². The van der Waals surface area contributed by atoms with Crippen molar-refractivity contribution < 1.29 is 19.7 Å². The van der Waals surface area contributed by atoms with Gasteiger partial charge < -0.3 is 14.9 Å². The molecule has 1 atom stereocenters. The van der Waals surface area contributed by atoms with Crippen molar-refractivity contribution in [2.24, 2.45) is 4.99 Å². The van der Waals surface area contributed by atoms with Crippen LogP contribution in [0.2, 0.25) is 0 Å². The number of phenols is 1. The number of hydrogen-bond acceptors (Lipinski definition) is 5. The highest BCUT2D eigenvalue weighted by Crippen LogP contribution is 2.33. The molecule has 1 aromatic carbocycles. The van der Waals surface area contributed by atoms with Crippen molar-refractivity contribution in [1.29, 1.82) is 0 Å². The Bertz CT molecular complexity index is 598. The van der Waals surface area contributed by atoms with Gasteiger partial charge in [-0.2, -0.15) is 0 Å². The van der Waals surface area contributed by atoms with Gasteiger partial charge in [0.2, 0.25) is 0 Å². The Labute approximate surface area is 134 Å². The largest absolute Gasteiger partial charge is 0.507 e. The first-order chi connectivity index (χ1) is 10.3. The Kier molecular flexibility index (Phi) is 5.01. The molecule has 2 rings (SSSR count). The zero-order valence-corrected chi connectivity index (χ0v) is 13.8. The summed E-state index contributed by atoms with van der Waals surface area (Å²) in [6.07, 6.45) is 1.93. The van der Waals surface area contributed by atoms with Gasteiger partial charge in [-0.15, -0.1) is 11.8 Å². The van der Waals surface area contributed by atoms with Gasteiger partial charge in [-0.25, -0.2) is 4.79 Å². The molecule has 2 N–H and O–H groups in total. The molecule has 1 aliphatic heterocycles.